The van der Waals surface area contributed by atoms with E-state index in [2.05, 4.69) is 4.98 Å². The van der Waals surface area contributed by atoms with E-state index in [1.165, 1.54) is 0 Å². The Morgan fingerprint density at radius 1 is 1.64 bits per heavy atom. The zero-order chi connectivity index (χ0) is 8.27. The van der Waals surface area contributed by atoms with Crippen LogP contribution in [0.15, 0.2) is 10.6 Å². The monoisotopic (exact) mass is 155 g/mol. The molecule has 11 heavy (non-hydrogen) atoms. The lowest BCUT2D eigenvalue weighted by Gasteiger charge is -2.03. The topological polar surface area (TPSA) is 35.3 Å². The van der Waals surface area contributed by atoms with Crippen molar-refractivity contribution < 1.29 is 9.15 Å². The van der Waals surface area contributed by atoms with Crippen LogP contribution in [0.4, 0.5) is 0 Å². The lowest BCUT2D eigenvalue weighted by molar-refractivity contribution is 0.0541. The van der Waals surface area contributed by atoms with Gasteiger partial charge in [0.1, 0.15) is 12.4 Å². The molecule has 0 radical (unpaired) electrons. The summed E-state index contributed by atoms with van der Waals surface area (Å²) in [6, 6.07) is 0. The average molecular weight is 155 g/mol. The Balaban J connectivity index is 2.39. The zero-order valence-electron chi connectivity index (χ0n) is 7.13. The molecule has 1 heterocycles. The molecule has 0 bridgehead atoms. The minimum Gasteiger partial charge on any atom is -0.444 e. The molecule has 0 N–H and O–H groups in total. The van der Waals surface area contributed by atoms with E-state index in [0.29, 0.717) is 12.5 Å². The van der Waals surface area contributed by atoms with Crippen molar-refractivity contribution in [2.75, 3.05) is 0 Å². The highest BCUT2D eigenvalue weighted by Crippen LogP contribution is 2.04. The van der Waals surface area contributed by atoms with Crippen molar-refractivity contribution in [3.63, 3.8) is 0 Å². The summed E-state index contributed by atoms with van der Waals surface area (Å²) in [5, 5.41) is 0. The van der Waals surface area contributed by atoms with Crippen molar-refractivity contribution in [2.45, 2.75) is 33.5 Å². The molecule has 62 valence electrons. The van der Waals surface area contributed by atoms with Gasteiger partial charge in [-0.1, -0.05) is 0 Å². The molecule has 1 rings (SSSR count). The lowest BCUT2D eigenvalue weighted by Crippen LogP contribution is -2.01. The molecule has 0 fully saturated rings. The van der Waals surface area contributed by atoms with Crippen molar-refractivity contribution >= 4 is 0 Å². The van der Waals surface area contributed by atoms with Gasteiger partial charge in [0.2, 0.25) is 0 Å². The van der Waals surface area contributed by atoms with Gasteiger partial charge in [0, 0.05) is 6.92 Å². The van der Waals surface area contributed by atoms with Gasteiger partial charge in [0.15, 0.2) is 5.89 Å². The molecule has 0 spiro atoms. The molecule has 1 aromatic rings. The first-order valence-corrected chi connectivity index (χ1v) is 3.71. The standard InChI is InChI=1S/C8H13NO2/c1-6(2)10-5-8-4-9-7(3)11-8/h4,6H,5H2,1-3H3. The summed E-state index contributed by atoms with van der Waals surface area (Å²) in [5.74, 6) is 1.48. The summed E-state index contributed by atoms with van der Waals surface area (Å²) in [6.07, 6.45) is 1.93. The smallest absolute Gasteiger partial charge is 0.191 e. The molecule has 0 amide bonds. The fourth-order valence-electron chi connectivity index (χ4n) is 0.721. The van der Waals surface area contributed by atoms with E-state index < -0.39 is 0 Å². The molecule has 0 unspecified atom stereocenters. The Hall–Kier alpha value is -0.830. The first-order chi connectivity index (χ1) is 5.18. The van der Waals surface area contributed by atoms with Crippen LogP contribution in [-0.2, 0) is 11.3 Å². The second-order valence-electron chi connectivity index (χ2n) is 2.71. The Morgan fingerprint density at radius 3 is 2.82 bits per heavy atom. The van der Waals surface area contributed by atoms with E-state index in [1.807, 2.05) is 20.8 Å². The van der Waals surface area contributed by atoms with Gasteiger partial charge in [0.05, 0.1) is 12.3 Å². The summed E-state index contributed by atoms with van der Waals surface area (Å²) in [7, 11) is 0. The highest BCUT2D eigenvalue weighted by atomic mass is 16.5. The van der Waals surface area contributed by atoms with Crippen LogP contribution in [-0.4, -0.2) is 11.1 Å². The molecule has 3 nitrogen and oxygen atoms in total. The number of aryl methyl sites for hydroxylation is 1. The quantitative estimate of drug-likeness (QED) is 0.668. The highest BCUT2D eigenvalue weighted by molar-refractivity contribution is 4.90. The fourth-order valence-corrected chi connectivity index (χ4v) is 0.721. The number of hydrogen-bond donors (Lipinski definition) is 0. The summed E-state index contributed by atoms with van der Waals surface area (Å²) in [6.45, 7) is 6.31. The molecular formula is C8H13NO2. The first kappa shape index (κ1) is 8.27. The number of ether oxygens (including phenoxy) is 1. The molecule has 0 saturated heterocycles. The van der Waals surface area contributed by atoms with Crippen molar-refractivity contribution in [2.24, 2.45) is 0 Å². The molecule has 3 heteroatoms. The van der Waals surface area contributed by atoms with Crippen LogP contribution in [0, 0.1) is 6.92 Å². The molecule has 1 aromatic heterocycles. The number of oxazole rings is 1. The van der Waals surface area contributed by atoms with Crippen LogP contribution in [0.25, 0.3) is 0 Å². The maximum atomic E-state index is 5.31. The SMILES string of the molecule is Cc1ncc(COC(C)C)o1. The van der Waals surface area contributed by atoms with E-state index in [4.69, 9.17) is 9.15 Å². The van der Waals surface area contributed by atoms with Gasteiger partial charge in [-0.05, 0) is 13.8 Å². The normalized spacial score (nSPS) is 10.9. The van der Waals surface area contributed by atoms with Crippen LogP contribution in [0.3, 0.4) is 0 Å². The van der Waals surface area contributed by atoms with Crippen molar-refractivity contribution in [3.05, 3.63) is 17.8 Å². The van der Waals surface area contributed by atoms with Gasteiger partial charge in [-0.25, -0.2) is 4.98 Å². The van der Waals surface area contributed by atoms with E-state index in [9.17, 15) is 0 Å². The van der Waals surface area contributed by atoms with Crippen molar-refractivity contribution in [1.82, 2.24) is 4.98 Å². The third-order valence-corrected chi connectivity index (χ3v) is 1.23. The van der Waals surface area contributed by atoms with Crippen molar-refractivity contribution in [3.8, 4) is 0 Å². The maximum Gasteiger partial charge on any atom is 0.191 e. The third kappa shape index (κ3) is 2.72. The zero-order valence-corrected chi connectivity index (χ0v) is 7.13. The summed E-state index contributed by atoms with van der Waals surface area (Å²) >= 11 is 0. The second-order valence-corrected chi connectivity index (χ2v) is 2.71. The first-order valence-electron chi connectivity index (χ1n) is 3.71. The summed E-state index contributed by atoms with van der Waals surface area (Å²) < 4.78 is 10.5. The molecule has 0 aliphatic carbocycles. The van der Waals surface area contributed by atoms with Crippen LogP contribution >= 0.6 is 0 Å². The predicted molar refractivity (Wildman–Crippen MR) is 41.2 cm³/mol. The van der Waals surface area contributed by atoms with E-state index in [0.717, 1.165) is 5.76 Å². The molecular weight excluding hydrogens is 142 g/mol. The van der Waals surface area contributed by atoms with Crippen LogP contribution in [0.2, 0.25) is 0 Å². The van der Waals surface area contributed by atoms with E-state index in [1.54, 1.807) is 6.20 Å². The predicted octanol–water partition coefficient (Wildman–Crippen LogP) is 1.91. The lowest BCUT2D eigenvalue weighted by atomic mass is 10.5. The number of hydrogen-bond acceptors (Lipinski definition) is 3. The average Bonchev–Trinajstić information content (AvgIpc) is 2.31. The van der Waals surface area contributed by atoms with Gasteiger partial charge >= 0.3 is 0 Å². The van der Waals surface area contributed by atoms with E-state index in [-0.39, 0.29) is 6.10 Å². The van der Waals surface area contributed by atoms with Crippen LogP contribution < -0.4 is 0 Å². The molecule has 0 aromatic carbocycles. The van der Waals surface area contributed by atoms with Crippen LogP contribution in [0.5, 0.6) is 0 Å². The van der Waals surface area contributed by atoms with Gasteiger partial charge in [-0.15, -0.1) is 0 Å². The second kappa shape index (κ2) is 3.53. The minimum atomic E-state index is 0.236. The molecule has 0 saturated carbocycles. The number of rotatable bonds is 3. The molecule has 0 aliphatic heterocycles. The molecule has 0 atom stereocenters. The largest absolute Gasteiger partial charge is 0.444 e. The number of aromatic nitrogens is 1. The number of nitrogens with zero attached hydrogens (tertiary/aromatic N) is 1. The van der Waals surface area contributed by atoms with Gasteiger partial charge in [-0.3, -0.25) is 0 Å². The fraction of sp³-hybridized carbons (Fsp3) is 0.625. The highest BCUT2D eigenvalue weighted by Gasteiger charge is 2.00. The maximum absolute atomic E-state index is 5.31. The van der Waals surface area contributed by atoms with Crippen molar-refractivity contribution in [1.29, 1.82) is 0 Å². The van der Waals surface area contributed by atoms with Crippen LogP contribution in [0.1, 0.15) is 25.5 Å². The van der Waals surface area contributed by atoms with E-state index >= 15 is 0 Å². The third-order valence-electron chi connectivity index (χ3n) is 1.23. The Labute approximate surface area is 66.4 Å². The van der Waals surface area contributed by atoms with Gasteiger partial charge < -0.3 is 9.15 Å². The Bertz CT molecular complexity index is 218. The minimum absolute atomic E-state index is 0.236. The Kier molecular flexibility index (Phi) is 2.65. The summed E-state index contributed by atoms with van der Waals surface area (Å²) in [5.41, 5.74) is 0. The van der Waals surface area contributed by atoms with Gasteiger partial charge in [0.25, 0.3) is 0 Å². The summed E-state index contributed by atoms with van der Waals surface area (Å²) in [4.78, 5) is 3.95. The molecule has 0 aliphatic rings. The van der Waals surface area contributed by atoms with Gasteiger partial charge in [-0.2, -0.15) is 0 Å². The Morgan fingerprint density at radius 2 is 2.36 bits per heavy atom.